The summed E-state index contributed by atoms with van der Waals surface area (Å²) in [4.78, 5) is 11.8. The number of nitrogens with one attached hydrogen (secondary N) is 1. The Morgan fingerprint density at radius 2 is 1.81 bits per heavy atom. The van der Waals surface area contributed by atoms with Crippen LogP contribution in [0.4, 0.5) is 11.4 Å². The molecule has 3 aromatic rings. The molecule has 0 spiro atoms. The summed E-state index contributed by atoms with van der Waals surface area (Å²) in [5.74, 6) is 0.725. The first-order valence-electron chi connectivity index (χ1n) is 11.9. The van der Waals surface area contributed by atoms with Crippen LogP contribution in [0.3, 0.4) is 0 Å². The number of halogens is 1. The lowest BCUT2D eigenvalue weighted by molar-refractivity contribution is -0.384. The highest BCUT2D eigenvalue weighted by molar-refractivity contribution is 9.10. The molecular formula is C26H26BrN3O5S2. The van der Waals surface area contributed by atoms with E-state index in [0.717, 1.165) is 31.8 Å². The van der Waals surface area contributed by atoms with Crippen molar-refractivity contribution in [2.24, 2.45) is 0 Å². The molecule has 0 radical (unpaired) electrons. The van der Waals surface area contributed by atoms with Crippen LogP contribution in [0.15, 0.2) is 74.9 Å². The van der Waals surface area contributed by atoms with Crippen molar-refractivity contribution in [3.63, 3.8) is 0 Å². The third kappa shape index (κ3) is 4.90. The standard InChI is InChI=1S/C26H26BrN3O5S2/c1-2-36-23-12-11-21-24-17(15-29(21)37(34,35)20-9-5-18(27)6-10-20)13-22(31)26(25(23)24)28-14-16-3-7-19(8-4-16)30(32)33/h3-12,17,22,26,28,31H,2,13-15H2,1H3. The van der Waals surface area contributed by atoms with E-state index in [1.54, 1.807) is 48.2 Å². The average Bonchev–Trinajstić information content (AvgIpc) is 3.25. The molecule has 0 saturated heterocycles. The molecule has 2 aliphatic rings. The number of non-ortho nitro benzene ring substituents is 1. The van der Waals surface area contributed by atoms with Crippen molar-refractivity contribution in [2.75, 3.05) is 16.6 Å². The summed E-state index contributed by atoms with van der Waals surface area (Å²) >= 11 is 5.03. The second-order valence-corrected chi connectivity index (χ2v) is 13.2. The van der Waals surface area contributed by atoms with E-state index in [-0.39, 0.29) is 23.0 Å². The quantitative estimate of drug-likeness (QED) is 0.202. The number of anilines is 1. The first-order chi connectivity index (χ1) is 17.7. The van der Waals surface area contributed by atoms with Crippen LogP contribution >= 0.6 is 27.7 Å². The molecule has 194 valence electrons. The van der Waals surface area contributed by atoms with Gasteiger partial charge in [-0.1, -0.05) is 35.0 Å². The predicted molar refractivity (Wildman–Crippen MR) is 148 cm³/mol. The van der Waals surface area contributed by atoms with E-state index in [1.807, 2.05) is 12.1 Å². The van der Waals surface area contributed by atoms with Gasteiger partial charge in [-0.3, -0.25) is 14.4 Å². The summed E-state index contributed by atoms with van der Waals surface area (Å²) in [7, 11) is -3.78. The van der Waals surface area contributed by atoms with Gasteiger partial charge < -0.3 is 10.4 Å². The minimum absolute atomic E-state index is 0.0267. The van der Waals surface area contributed by atoms with Crippen molar-refractivity contribution >= 4 is 49.1 Å². The van der Waals surface area contributed by atoms with Crippen LogP contribution in [0.25, 0.3) is 0 Å². The summed E-state index contributed by atoms with van der Waals surface area (Å²) in [6, 6.07) is 16.4. The highest BCUT2D eigenvalue weighted by atomic mass is 79.9. The molecule has 5 rings (SSSR count). The molecule has 1 heterocycles. The number of nitro groups is 1. The summed E-state index contributed by atoms with van der Waals surface area (Å²) < 4.78 is 29.6. The lowest BCUT2D eigenvalue weighted by Crippen LogP contribution is -2.38. The van der Waals surface area contributed by atoms with Crippen molar-refractivity contribution in [1.82, 2.24) is 5.32 Å². The van der Waals surface area contributed by atoms with Gasteiger partial charge in [0.2, 0.25) is 0 Å². The van der Waals surface area contributed by atoms with Gasteiger partial charge in [0.05, 0.1) is 27.7 Å². The Morgan fingerprint density at radius 3 is 2.46 bits per heavy atom. The van der Waals surface area contributed by atoms with Crippen LogP contribution in [0, 0.1) is 10.1 Å². The van der Waals surface area contributed by atoms with E-state index in [0.29, 0.717) is 18.7 Å². The van der Waals surface area contributed by atoms with E-state index in [4.69, 9.17) is 0 Å². The molecule has 8 nitrogen and oxygen atoms in total. The number of benzene rings is 3. The number of aliphatic hydroxyl groups is 1. The fourth-order valence-electron chi connectivity index (χ4n) is 5.22. The Balaban J connectivity index is 1.51. The fourth-order valence-corrected chi connectivity index (χ4v) is 7.88. The van der Waals surface area contributed by atoms with Gasteiger partial charge >= 0.3 is 0 Å². The van der Waals surface area contributed by atoms with Crippen molar-refractivity contribution in [3.8, 4) is 0 Å². The van der Waals surface area contributed by atoms with Crippen LogP contribution in [0.2, 0.25) is 0 Å². The maximum atomic E-state index is 13.6. The van der Waals surface area contributed by atoms with E-state index in [2.05, 4.69) is 28.2 Å². The van der Waals surface area contributed by atoms with Crippen LogP contribution < -0.4 is 9.62 Å². The van der Waals surface area contributed by atoms with Gasteiger partial charge in [0.15, 0.2) is 0 Å². The minimum atomic E-state index is -3.78. The zero-order valence-corrected chi connectivity index (χ0v) is 23.2. The largest absolute Gasteiger partial charge is 0.391 e. The lowest BCUT2D eigenvalue weighted by Gasteiger charge is -2.35. The van der Waals surface area contributed by atoms with Crippen LogP contribution in [0.1, 0.15) is 42.0 Å². The monoisotopic (exact) mass is 603 g/mol. The number of hydrogen-bond acceptors (Lipinski definition) is 7. The summed E-state index contributed by atoms with van der Waals surface area (Å²) in [6.07, 6.45) is -0.276. The number of nitrogens with zero attached hydrogens (tertiary/aromatic N) is 2. The first kappa shape index (κ1) is 26.2. The van der Waals surface area contributed by atoms with Gasteiger partial charge in [-0.05, 0) is 65.3 Å². The number of aliphatic hydroxyl groups excluding tert-OH is 1. The summed E-state index contributed by atoms with van der Waals surface area (Å²) in [5, 5.41) is 25.7. The third-order valence-electron chi connectivity index (χ3n) is 6.88. The maximum absolute atomic E-state index is 13.6. The summed E-state index contributed by atoms with van der Waals surface area (Å²) in [5.41, 5.74) is 3.47. The Hall–Kier alpha value is -2.44. The zero-order valence-electron chi connectivity index (χ0n) is 20.0. The predicted octanol–water partition coefficient (Wildman–Crippen LogP) is 5.36. The molecule has 0 amide bonds. The van der Waals surface area contributed by atoms with Gasteiger partial charge in [0, 0.05) is 40.5 Å². The molecule has 11 heteroatoms. The van der Waals surface area contributed by atoms with Gasteiger partial charge in [0.25, 0.3) is 15.7 Å². The zero-order chi connectivity index (χ0) is 26.3. The SMILES string of the molecule is CCSc1ccc2c3c1C(NCc1ccc([N+](=O)[O-])cc1)C(O)CC3CN2S(=O)(=O)c1ccc(Br)cc1. The van der Waals surface area contributed by atoms with Gasteiger partial charge in [-0.25, -0.2) is 8.42 Å². The molecule has 0 fully saturated rings. The molecule has 1 aliphatic carbocycles. The highest BCUT2D eigenvalue weighted by Crippen LogP contribution is 2.52. The topological polar surface area (TPSA) is 113 Å². The average molecular weight is 605 g/mol. The molecule has 0 bridgehead atoms. The Kier molecular flexibility index (Phi) is 7.34. The number of thioether (sulfide) groups is 1. The molecule has 1 aliphatic heterocycles. The molecule has 37 heavy (non-hydrogen) atoms. The normalized spacial score (nSPS) is 20.6. The second-order valence-electron chi connectivity index (χ2n) is 9.12. The maximum Gasteiger partial charge on any atom is 0.269 e. The van der Waals surface area contributed by atoms with Crippen molar-refractivity contribution < 1.29 is 18.4 Å². The smallest absolute Gasteiger partial charge is 0.269 e. The molecule has 0 saturated carbocycles. The van der Waals surface area contributed by atoms with Crippen molar-refractivity contribution in [2.45, 2.75) is 47.7 Å². The van der Waals surface area contributed by atoms with Gasteiger partial charge in [0.1, 0.15) is 0 Å². The Morgan fingerprint density at radius 1 is 1.11 bits per heavy atom. The molecule has 3 unspecified atom stereocenters. The number of hydrogen-bond donors (Lipinski definition) is 2. The van der Waals surface area contributed by atoms with Crippen LogP contribution in [-0.4, -0.2) is 36.8 Å². The highest BCUT2D eigenvalue weighted by Gasteiger charge is 2.45. The number of rotatable bonds is 8. The first-order valence-corrected chi connectivity index (χ1v) is 15.1. The fraction of sp³-hybridized carbons (Fsp3) is 0.308. The van der Waals surface area contributed by atoms with E-state index >= 15 is 0 Å². The van der Waals surface area contributed by atoms with E-state index in [1.165, 1.54) is 16.4 Å². The molecular weight excluding hydrogens is 578 g/mol. The van der Waals surface area contributed by atoms with Crippen molar-refractivity contribution in [3.05, 3.63) is 91.9 Å². The van der Waals surface area contributed by atoms with Crippen molar-refractivity contribution in [1.29, 1.82) is 0 Å². The number of nitro benzene ring substituents is 1. The molecule has 3 atom stereocenters. The minimum Gasteiger partial charge on any atom is -0.391 e. The molecule has 2 N–H and O–H groups in total. The van der Waals surface area contributed by atoms with Gasteiger partial charge in [-0.15, -0.1) is 11.8 Å². The Bertz CT molecular complexity index is 1430. The molecule has 3 aromatic carbocycles. The third-order valence-corrected chi connectivity index (χ3v) is 10.2. The lowest BCUT2D eigenvalue weighted by atomic mass is 9.79. The van der Waals surface area contributed by atoms with Crippen LogP contribution in [-0.2, 0) is 16.6 Å². The van der Waals surface area contributed by atoms with Gasteiger partial charge in [-0.2, -0.15) is 0 Å². The number of sulfonamides is 1. The second kappa shape index (κ2) is 10.4. The van der Waals surface area contributed by atoms with E-state index < -0.39 is 27.1 Å². The van der Waals surface area contributed by atoms with Crippen LogP contribution in [0.5, 0.6) is 0 Å². The molecule has 0 aromatic heterocycles. The van der Waals surface area contributed by atoms with E-state index in [9.17, 15) is 23.6 Å². The Labute approximate surface area is 228 Å². The summed E-state index contributed by atoms with van der Waals surface area (Å²) in [6.45, 7) is 2.75.